The number of hydrogen-bond acceptors (Lipinski definition) is 5. The summed E-state index contributed by atoms with van der Waals surface area (Å²) in [5.74, 6) is 0.440. The van der Waals surface area contributed by atoms with Crippen LogP contribution in [0.5, 0.6) is 0 Å². The number of nitrogens with zero attached hydrogens (tertiary/aromatic N) is 4. The van der Waals surface area contributed by atoms with Crippen molar-refractivity contribution in [2.45, 2.75) is 57.9 Å². The normalized spacial score (nSPS) is 24.9. The van der Waals surface area contributed by atoms with Gasteiger partial charge in [-0.2, -0.15) is 0 Å². The molecule has 1 saturated carbocycles. The molecule has 8 heteroatoms. The van der Waals surface area contributed by atoms with E-state index in [-0.39, 0.29) is 27.9 Å². The molecular weight excluding hydrogens is 462 g/mol. The van der Waals surface area contributed by atoms with Crippen LogP contribution >= 0.6 is 11.6 Å². The lowest BCUT2D eigenvalue weighted by molar-refractivity contribution is -0.130. The molecule has 2 aromatic rings. The first kappa shape index (κ1) is 25.6. The maximum atomic E-state index is 13.0. The van der Waals surface area contributed by atoms with E-state index in [2.05, 4.69) is 64.6 Å². The molecular formula is C27H36ClN5O2. The molecule has 0 radical (unpaired) electrons. The number of hydrogen-bond donors (Lipinski definition) is 1. The zero-order valence-electron chi connectivity index (χ0n) is 21.2. The van der Waals surface area contributed by atoms with Gasteiger partial charge < -0.3 is 10.2 Å². The van der Waals surface area contributed by atoms with Crippen molar-refractivity contribution >= 4 is 29.2 Å². The van der Waals surface area contributed by atoms with Gasteiger partial charge in [0.15, 0.2) is 0 Å². The summed E-state index contributed by atoms with van der Waals surface area (Å²) in [5.41, 5.74) is 0.759. The van der Waals surface area contributed by atoms with Gasteiger partial charge in [-0.3, -0.25) is 14.5 Å². The van der Waals surface area contributed by atoms with Gasteiger partial charge in [0.2, 0.25) is 11.8 Å². The van der Waals surface area contributed by atoms with Gasteiger partial charge in [-0.15, -0.1) is 0 Å². The predicted octanol–water partition coefficient (Wildman–Crippen LogP) is 4.73. The molecule has 1 aliphatic heterocycles. The number of benzene rings is 1. The summed E-state index contributed by atoms with van der Waals surface area (Å²) in [6.07, 6.45) is 6.64. The first-order valence-electron chi connectivity index (χ1n) is 12.4. The van der Waals surface area contributed by atoms with Crippen LogP contribution < -0.4 is 5.32 Å². The first-order valence-corrected chi connectivity index (χ1v) is 12.7. The molecule has 1 aliphatic carbocycles. The Kier molecular flexibility index (Phi) is 7.21. The largest absolute Gasteiger partial charge is 0.342 e. The minimum absolute atomic E-state index is 0.0208. The Bertz CT molecular complexity index is 1060. The number of rotatable bonds is 7. The number of carbonyl (C=O) groups is 2. The fraction of sp³-hybridized carbons (Fsp3) is 0.556. The number of anilines is 1. The molecule has 0 atom stereocenters. The minimum Gasteiger partial charge on any atom is -0.342 e. The predicted molar refractivity (Wildman–Crippen MR) is 138 cm³/mol. The summed E-state index contributed by atoms with van der Waals surface area (Å²) in [4.78, 5) is 38.1. The molecule has 2 fully saturated rings. The van der Waals surface area contributed by atoms with Crippen LogP contribution in [0.3, 0.4) is 0 Å². The number of carbonyl (C=O) groups excluding carboxylic acids is 2. The lowest BCUT2D eigenvalue weighted by Gasteiger charge is -2.49. The second-order valence-corrected chi connectivity index (χ2v) is 11.5. The lowest BCUT2D eigenvalue weighted by Crippen LogP contribution is -2.47. The lowest BCUT2D eigenvalue weighted by atomic mass is 9.64. The van der Waals surface area contributed by atoms with Crippen molar-refractivity contribution in [3.05, 3.63) is 53.4 Å². The van der Waals surface area contributed by atoms with Crippen LogP contribution in [0.2, 0.25) is 5.15 Å². The van der Waals surface area contributed by atoms with Crippen molar-refractivity contribution in [2.24, 2.45) is 10.8 Å². The molecule has 2 aliphatic rings. The van der Waals surface area contributed by atoms with Gasteiger partial charge in [-0.25, -0.2) is 9.97 Å². The van der Waals surface area contributed by atoms with Gasteiger partial charge >= 0.3 is 0 Å². The molecule has 188 valence electrons. The summed E-state index contributed by atoms with van der Waals surface area (Å²) in [7, 11) is 4.33. The maximum absolute atomic E-state index is 13.0. The second-order valence-electron chi connectivity index (χ2n) is 11.1. The monoisotopic (exact) mass is 497 g/mol. The number of aromatic nitrogens is 2. The van der Waals surface area contributed by atoms with E-state index in [1.54, 1.807) is 0 Å². The summed E-state index contributed by atoms with van der Waals surface area (Å²) >= 11 is 5.90. The average Bonchev–Trinajstić information content (AvgIpc) is 3.13. The van der Waals surface area contributed by atoms with Crippen LogP contribution in [-0.2, 0) is 15.1 Å². The molecule has 0 bridgehead atoms. The van der Waals surface area contributed by atoms with E-state index in [9.17, 15) is 9.59 Å². The summed E-state index contributed by atoms with van der Waals surface area (Å²) < 4.78 is 0. The number of likely N-dealkylation sites (tertiary alicyclic amines) is 1. The van der Waals surface area contributed by atoms with Crippen molar-refractivity contribution in [1.82, 2.24) is 19.8 Å². The maximum Gasteiger partial charge on any atom is 0.231 e. The van der Waals surface area contributed by atoms with Crippen molar-refractivity contribution in [1.29, 1.82) is 0 Å². The van der Waals surface area contributed by atoms with Gasteiger partial charge in [0.1, 0.15) is 17.3 Å². The third-order valence-corrected chi connectivity index (χ3v) is 8.41. The Balaban J connectivity index is 1.36. The van der Waals surface area contributed by atoms with Crippen molar-refractivity contribution in [3.63, 3.8) is 0 Å². The van der Waals surface area contributed by atoms with Crippen LogP contribution in [0.4, 0.5) is 5.82 Å². The van der Waals surface area contributed by atoms with E-state index < -0.39 is 5.41 Å². The molecule has 7 nitrogen and oxygen atoms in total. The van der Waals surface area contributed by atoms with Crippen molar-refractivity contribution < 1.29 is 9.59 Å². The highest BCUT2D eigenvalue weighted by molar-refractivity contribution is 6.29. The molecule has 1 aromatic heterocycles. The van der Waals surface area contributed by atoms with Crippen LogP contribution in [0.15, 0.2) is 42.7 Å². The molecule has 2 amide bonds. The highest BCUT2D eigenvalue weighted by Gasteiger charge is 2.50. The second kappa shape index (κ2) is 9.86. The van der Waals surface area contributed by atoms with Gasteiger partial charge in [0.25, 0.3) is 0 Å². The zero-order chi connectivity index (χ0) is 25.3. The Morgan fingerprint density at radius 2 is 1.83 bits per heavy atom. The highest BCUT2D eigenvalue weighted by Crippen LogP contribution is 2.52. The fourth-order valence-electron chi connectivity index (χ4n) is 5.67. The average molecular weight is 498 g/mol. The Labute approximate surface area is 213 Å². The number of amides is 2. The van der Waals surface area contributed by atoms with Crippen LogP contribution in [0.25, 0.3) is 0 Å². The zero-order valence-corrected chi connectivity index (χ0v) is 21.9. The topological polar surface area (TPSA) is 78.4 Å². The van der Waals surface area contributed by atoms with Gasteiger partial charge in [-0.05, 0) is 57.2 Å². The molecule has 0 unspecified atom stereocenters. The Morgan fingerprint density at radius 1 is 1.14 bits per heavy atom. The molecule has 4 rings (SSSR count). The smallest absolute Gasteiger partial charge is 0.231 e. The van der Waals surface area contributed by atoms with E-state index in [0.717, 1.165) is 32.2 Å². The van der Waals surface area contributed by atoms with E-state index in [4.69, 9.17) is 11.6 Å². The van der Waals surface area contributed by atoms with E-state index in [0.29, 0.717) is 25.2 Å². The van der Waals surface area contributed by atoms with E-state index >= 15 is 0 Å². The summed E-state index contributed by atoms with van der Waals surface area (Å²) in [6, 6.07) is 12.3. The van der Waals surface area contributed by atoms with Gasteiger partial charge in [0.05, 0.1) is 0 Å². The number of nitrogens with one attached hydrogen (secondary N) is 1. The molecule has 1 spiro atoms. The summed E-state index contributed by atoms with van der Waals surface area (Å²) in [6.45, 7) is 5.15. The third-order valence-electron chi connectivity index (χ3n) is 8.21. The Hall–Kier alpha value is -2.51. The minimum atomic E-state index is -0.659. The standard InChI is InChI=1S/C27H36ClN5O2/c1-25(2,24(35)31-22-16-21(28)29-19-30-22)14-15-33-18-26(17-23(33)34)10-12-27(13-11-26,32(3)4)20-8-6-5-7-9-20/h5-9,16,19H,10-15,17-18H2,1-4H3,(H,29,30,31,35)/t26-,27-. The van der Waals surface area contributed by atoms with Crippen LogP contribution in [-0.4, -0.2) is 58.8 Å². The highest BCUT2D eigenvalue weighted by atomic mass is 35.5. The number of halogens is 1. The molecule has 1 N–H and O–H groups in total. The van der Waals surface area contributed by atoms with Crippen molar-refractivity contribution in [3.8, 4) is 0 Å². The SMILES string of the molecule is CN(C)[C@]1(c2ccccc2)CC[C@@]2(CC1)CC(=O)N(CCC(C)(C)C(=O)Nc1cc(Cl)ncn1)C2. The van der Waals surface area contributed by atoms with E-state index in [1.165, 1.54) is 18.0 Å². The third kappa shape index (κ3) is 5.36. The molecule has 1 aromatic carbocycles. The molecule has 1 saturated heterocycles. The van der Waals surface area contributed by atoms with Crippen LogP contribution in [0, 0.1) is 10.8 Å². The Morgan fingerprint density at radius 3 is 2.46 bits per heavy atom. The quantitative estimate of drug-likeness (QED) is 0.559. The van der Waals surface area contributed by atoms with Crippen molar-refractivity contribution in [2.75, 3.05) is 32.5 Å². The van der Waals surface area contributed by atoms with Crippen LogP contribution in [0.1, 0.15) is 57.9 Å². The summed E-state index contributed by atoms with van der Waals surface area (Å²) in [5, 5.41) is 3.10. The first-order chi connectivity index (χ1) is 16.6. The fourth-order valence-corrected chi connectivity index (χ4v) is 5.82. The van der Waals surface area contributed by atoms with Gasteiger partial charge in [-0.1, -0.05) is 55.8 Å². The van der Waals surface area contributed by atoms with Gasteiger partial charge in [0, 0.05) is 36.5 Å². The molecule has 35 heavy (non-hydrogen) atoms. The molecule has 2 heterocycles. The van der Waals surface area contributed by atoms with E-state index in [1.807, 2.05) is 18.7 Å².